The van der Waals surface area contributed by atoms with E-state index in [1.165, 1.54) is 6.07 Å². The van der Waals surface area contributed by atoms with E-state index in [0.717, 1.165) is 19.4 Å². The van der Waals surface area contributed by atoms with Crippen LogP contribution in [-0.2, 0) is 11.3 Å². The van der Waals surface area contributed by atoms with Gasteiger partial charge in [-0.05, 0) is 32.5 Å². The first-order valence-corrected chi connectivity index (χ1v) is 6.38. The molecule has 2 rings (SSSR count). The maximum absolute atomic E-state index is 13.6. The van der Waals surface area contributed by atoms with Crippen LogP contribution in [0, 0.1) is 5.82 Å². The summed E-state index contributed by atoms with van der Waals surface area (Å²) in [7, 11) is 1.93. The summed E-state index contributed by atoms with van der Waals surface area (Å²) in [6.45, 7) is 1.11. The van der Waals surface area contributed by atoms with E-state index >= 15 is 0 Å². The van der Waals surface area contributed by atoms with Gasteiger partial charge in [-0.25, -0.2) is 4.39 Å². The van der Waals surface area contributed by atoms with E-state index in [-0.39, 0.29) is 23.5 Å². The Morgan fingerprint density at radius 3 is 3.06 bits per heavy atom. The number of likely N-dealkylation sites (N-methyl/N-ethyl adjacent to an activating group) is 1. The minimum atomic E-state index is -0.459. The third kappa shape index (κ3) is 2.82. The molecule has 0 radical (unpaired) electrons. The lowest BCUT2D eigenvalue weighted by Crippen LogP contribution is -2.41. The molecular formula is C13H16ClFN2O. The predicted molar refractivity (Wildman–Crippen MR) is 68.9 cm³/mol. The Bertz CT molecular complexity index is 453. The van der Waals surface area contributed by atoms with Crippen molar-refractivity contribution >= 4 is 17.5 Å². The van der Waals surface area contributed by atoms with Crippen molar-refractivity contribution in [3.8, 4) is 0 Å². The third-order valence-corrected chi connectivity index (χ3v) is 3.60. The Labute approximate surface area is 111 Å². The van der Waals surface area contributed by atoms with Gasteiger partial charge in [0.05, 0.1) is 11.1 Å². The molecule has 1 N–H and O–H groups in total. The van der Waals surface area contributed by atoms with Crippen molar-refractivity contribution in [3.05, 3.63) is 34.6 Å². The minimum Gasteiger partial charge on any atom is -0.351 e. The average molecular weight is 271 g/mol. The van der Waals surface area contributed by atoms with E-state index in [1.807, 2.05) is 11.9 Å². The number of rotatable bonds is 3. The van der Waals surface area contributed by atoms with Crippen LogP contribution < -0.4 is 5.32 Å². The fourth-order valence-electron chi connectivity index (χ4n) is 2.23. The van der Waals surface area contributed by atoms with Crippen molar-refractivity contribution in [3.63, 3.8) is 0 Å². The molecule has 98 valence electrons. The number of carbonyl (C=O) groups is 1. The standard InChI is InChI=1S/C13H16ClFN2O/c1-17-7-3-6-11(17)13(18)16-8-9-4-2-5-10(14)12(9)15/h2,4-5,11H,3,6-8H2,1H3,(H,16,18). The Kier molecular flexibility index (Phi) is 4.19. The van der Waals surface area contributed by atoms with Crippen LogP contribution in [0.5, 0.6) is 0 Å². The summed E-state index contributed by atoms with van der Waals surface area (Å²) in [6, 6.07) is 4.70. The summed E-state index contributed by atoms with van der Waals surface area (Å²) in [5.74, 6) is -0.506. The highest BCUT2D eigenvalue weighted by molar-refractivity contribution is 6.30. The molecule has 0 saturated carbocycles. The topological polar surface area (TPSA) is 32.3 Å². The highest BCUT2D eigenvalue weighted by Crippen LogP contribution is 2.18. The summed E-state index contributed by atoms with van der Waals surface area (Å²) in [5, 5.41) is 2.84. The maximum atomic E-state index is 13.6. The van der Waals surface area contributed by atoms with Gasteiger partial charge in [0, 0.05) is 12.1 Å². The number of amides is 1. The molecule has 1 heterocycles. The fraction of sp³-hybridized carbons (Fsp3) is 0.462. The van der Waals surface area contributed by atoms with Crippen molar-refractivity contribution in [1.82, 2.24) is 10.2 Å². The second-order valence-corrected chi connectivity index (χ2v) is 4.98. The average Bonchev–Trinajstić information content (AvgIpc) is 2.77. The van der Waals surface area contributed by atoms with E-state index in [0.29, 0.717) is 5.56 Å². The largest absolute Gasteiger partial charge is 0.351 e. The maximum Gasteiger partial charge on any atom is 0.237 e. The van der Waals surface area contributed by atoms with E-state index in [2.05, 4.69) is 5.32 Å². The first-order chi connectivity index (χ1) is 8.59. The van der Waals surface area contributed by atoms with Crippen molar-refractivity contribution in [2.75, 3.05) is 13.6 Å². The molecule has 1 aromatic carbocycles. The summed E-state index contributed by atoms with van der Waals surface area (Å²) >= 11 is 5.68. The van der Waals surface area contributed by atoms with E-state index in [4.69, 9.17) is 11.6 Å². The Balaban J connectivity index is 1.95. The van der Waals surface area contributed by atoms with E-state index in [9.17, 15) is 9.18 Å². The van der Waals surface area contributed by atoms with Crippen LogP contribution in [0.15, 0.2) is 18.2 Å². The van der Waals surface area contributed by atoms with Crippen molar-refractivity contribution in [1.29, 1.82) is 0 Å². The van der Waals surface area contributed by atoms with Crippen LogP contribution in [0.3, 0.4) is 0 Å². The van der Waals surface area contributed by atoms with Gasteiger partial charge in [0.15, 0.2) is 0 Å². The van der Waals surface area contributed by atoms with Gasteiger partial charge < -0.3 is 5.32 Å². The predicted octanol–water partition coefficient (Wildman–Crippen LogP) is 2.19. The molecule has 5 heteroatoms. The smallest absolute Gasteiger partial charge is 0.237 e. The molecule has 0 bridgehead atoms. The molecule has 1 aliphatic heterocycles. The molecular weight excluding hydrogens is 255 g/mol. The number of likely N-dealkylation sites (tertiary alicyclic amines) is 1. The molecule has 18 heavy (non-hydrogen) atoms. The molecule has 0 spiro atoms. The second kappa shape index (κ2) is 5.67. The quantitative estimate of drug-likeness (QED) is 0.913. The first-order valence-electron chi connectivity index (χ1n) is 6.00. The number of nitrogens with one attached hydrogen (secondary N) is 1. The second-order valence-electron chi connectivity index (χ2n) is 4.57. The zero-order chi connectivity index (χ0) is 13.1. The highest BCUT2D eigenvalue weighted by Gasteiger charge is 2.27. The molecule has 0 aliphatic carbocycles. The molecule has 1 atom stereocenters. The molecule has 0 aromatic heterocycles. The van der Waals surface area contributed by atoms with Crippen LogP contribution in [0.2, 0.25) is 5.02 Å². The monoisotopic (exact) mass is 270 g/mol. The Morgan fingerprint density at radius 2 is 2.39 bits per heavy atom. The molecule has 1 amide bonds. The molecule has 1 fully saturated rings. The SMILES string of the molecule is CN1CCCC1C(=O)NCc1cccc(Cl)c1F. The normalized spacial score (nSPS) is 20.1. The van der Waals surface area contributed by atoms with Crippen LogP contribution >= 0.6 is 11.6 Å². The molecule has 1 unspecified atom stereocenters. The van der Waals surface area contributed by atoms with Crippen LogP contribution in [0.4, 0.5) is 4.39 Å². The lowest BCUT2D eigenvalue weighted by atomic mass is 10.2. The minimum absolute atomic E-state index is 0.0469. The van der Waals surface area contributed by atoms with Crippen LogP contribution in [0.1, 0.15) is 18.4 Å². The number of nitrogens with zero attached hydrogens (tertiary/aromatic N) is 1. The van der Waals surface area contributed by atoms with Gasteiger partial charge in [-0.2, -0.15) is 0 Å². The molecule has 1 saturated heterocycles. The Hall–Kier alpha value is -1.13. The summed E-state index contributed by atoms with van der Waals surface area (Å²) in [6.07, 6.45) is 1.89. The fourth-order valence-corrected chi connectivity index (χ4v) is 2.42. The lowest BCUT2D eigenvalue weighted by molar-refractivity contribution is -0.125. The molecule has 1 aliphatic rings. The van der Waals surface area contributed by atoms with Crippen LogP contribution in [0.25, 0.3) is 0 Å². The van der Waals surface area contributed by atoms with Gasteiger partial charge in [-0.1, -0.05) is 23.7 Å². The zero-order valence-corrected chi connectivity index (χ0v) is 11.0. The van der Waals surface area contributed by atoms with Gasteiger partial charge in [-0.15, -0.1) is 0 Å². The summed E-state index contributed by atoms with van der Waals surface area (Å²) in [4.78, 5) is 13.9. The molecule has 3 nitrogen and oxygen atoms in total. The number of halogens is 2. The first kappa shape index (κ1) is 13.3. The van der Waals surface area contributed by atoms with Crippen LogP contribution in [-0.4, -0.2) is 30.4 Å². The van der Waals surface area contributed by atoms with E-state index in [1.54, 1.807) is 12.1 Å². The third-order valence-electron chi connectivity index (χ3n) is 3.31. The number of hydrogen-bond acceptors (Lipinski definition) is 2. The van der Waals surface area contributed by atoms with Crippen molar-refractivity contribution < 1.29 is 9.18 Å². The number of carbonyl (C=O) groups excluding carboxylic acids is 1. The highest BCUT2D eigenvalue weighted by atomic mass is 35.5. The molecule has 1 aromatic rings. The summed E-state index contributed by atoms with van der Waals surface area (Å²) in [5.41, 5.74) is 0.413. The van der Waals surface area contributed by atoms with Gasteiger partial charge in [-0.3, -0.25) is 9.69 Å². The van der Waals surface area contributed by atoms with Crippen molar-refractivity contribution in [2.24, 2.45) is 0 Å². The number of hydrogen-bond donors (Lipinski definition) is 1. The van der Waals surface area contributed by atoms with Gasteiger partial charge in [0.25, 0.3) is 0 Å². The summed E-state index contributed by atoms with van der Waals surface area (Å²) < 4.78 is 13.6. The number of benzene rings is 1. The lowest BCUT2D eigenvalue weighted by Gasteiger charge is -2.18. The Morgan fingerprint density at radius 1 is 1.61 bits per heavy atom. The van der Waals surface area contributed by atoms with Gasteiger partial charge >= 0.3 is 0 Å². The zero-order valence-electron chi connectivity index (χ0n) is 10.2. The van der Waals surface area contributed by atoms with Crippen molar-refractivity contribution in [2.45, 2.75) is 25.4 Å². The van der Waals surface area contributed by atoms with E-state index < -0.39 is 5.82 Å². The van der Waals surface area contributed by atoms with Gasteiger partial charge in [0.1, 0.15) is 5.82 Å². The van der Waals surface area contributed by atoms with Gasteiger partial charge in [0.2, 0.25) is 5.91 Å².